The first-order chi connectivity index (χ1) is 6.65. The van der Waals surface area contributed by atoms with Crippen molar-refractivity contribution in [2.75, 3.05) is 0 Å². The predicted octanol–water partition coefficient (Wildman–Crippen LogP) is 1.80. The summed E-state index contributed by atoms with van der Waals surface area (Å²) >= 11 is 6.04. The minimum Gasteiger partial charge on any atom is -0.250 e. The molecule has 14 heavy (non-hydrogen) atoms. The van der Waals surface area contributed by atoms with Crippen LogP contribution in [0.4, 0.5) is 0 Å². The van der Waals surface area contributed by atoms with Crippen LogP contribution < -0.4 is 0 Å². The van der Waals surface area contributed by atoms with E-state index in [1.54, 1.807) is 11.7 Å². The van der Waals surface area contributed by atoms with Crippen molar-refractivity contribution in [2.24, 2.45) is 7.05 Å². The van der Waals surface area contributed by atoms with E-state index in [1.807, 2.05) is 13.0 Å². The van der Waals surface area contributed by atoms with Gasteiger partial charge in [-0.25, -0.2) is 4.98 Å². The second-order valence-corrected chi connectivity index (χ2v) is 3.38. The van der Waals surface area contributed by atoms with Crippen LogP contribution in [0.2, 0.25) is 5.02 Å². The number of hydrogen-bond acceptors (Lipinski definition) is 3. The highest BCUT2D eigenvalue weighted by molar-refractivity contribution is 6.36. The van der Waals surface area contributed by atoms with Crippen LogP contribution in [0.1, 0.15) is 11.3 Å². The largest absolute Gasteiger partial charge is 0.250 e. The standard InChI is InChI=1S/C9H7ClN4/c1-5-7-8(10)6(3-11)4-12-9(7)14(2)13-5/h4H,1-2H3. The Hall–Kier alpha value is -1.60. The highest BCUT2D eigenvalue weighted by Gasteiger charge is 2.12. The van der Waals surface area contributed by atoms with Crippen LogP contribution in [-0.2, 0) is 7.05 Å². The maximum absolute atomic E-state index is 8.77. The predicted molar refractivity (Wildman–Crippen MR) is 53.0 cm³/mol. The van der Waals surface area contributed by atoms with Gasteiger partial charge in [0.25, 0.3) is 0 Å². The van der Waals surface area contributed by atoms with E-state index in [1.165, 1.54) is 6.20 Å². The third-order valence-electron chi connectivity index (χ3n) is 2.08. The van der Waals surface area contributed by atoms with Gasteiger partial charge in [-0.15, -0.1) is 0 Å². The molecule has 2 aromatic rings. The Labute approximate surface area is 85.7 Å². The Kier molecular flexibility index (Phi) is 1.90. The molecule has 0 atom stereocenters. The maximum atomic E-state index is 8.77. The molecule has 0 saturated carbocycles. The molecule has 0 unspecified atom stereocenters. The summed E-state index contributed by atoms with van der Waals surface area (Å²) in [6, 6.07) is 1.99. The van der Waals surface area contributed by atoms with Crippen molar-refractivity contribution in [3.63, 3.8) is 0 Å². The highest BCUT2D eigenvalue weighted by Crippen LogP contribution is 2.27. The lowest BCUT2D eigenvalue weighted by atomic mass is 10.2. The zero-order chi connectivity index (χ0) is 10.3. The van der Waals surface area contributed by atoms with Crippen LogP contribution in [0, 0.1) is 18.3 Å². The van der Waals surface area contributed by atoms with Crippen molar-refractivity contribution >= 4 is 22.6 Å². The van der Waals surface area contributed by atoms with Gasteiger partial charge < -0.3 is 0 Å². The first-order valence-electron chi connectivity index (χ1n) is 4.03. The summed E-state index contributed by atoms with van der Waals surface area (Å²) in [5.74, 6) is 0. The number of rotatable bonds is 0. The van der Waals surface area contributed by atoms with Crippen LogP contribution in [0.5, 0.6) is 0 Å². The molecule has 0 spiro atoms. The van der Waals surface area contributed by atoms with Gasteiger partial charge in [-0.1, -0.05) is 11.6 Å². The molecular weight excluding hydrogens is 200 g/mol. The van der Waals surface area contributed by atoms with Gasteiger partial charge in [-0.2, -0.15) is 10.4 Å². The molecular formula is C9H7ClN4. The molecule has 0 radical (unpaired) electrons. The van der Waals surface area contributed by atoms with E-state index >= 15 is 0 Å². The zero-order valence-electron chi connectivity index (χ0n) is 7.74. The van der Waals surface area contributed by atoms with Crippen LogP contribution in [0.15, 0.2) is 6.20 Å². The number of aryl methyl sites for hydroxylation is 2. The molecule has 0 N–H and O–H groups in total. The van der Waals surface area contributed by atoms with E-state index in [9.17, 15) is 0 Å². The topological polar surface area (TPSA) is 54.5 Å². The molecule has 0 aliphatic heterocycles. The van der Waals surface area contributed by atoms with Crippen LogP contribution in [-0.4, -0.2) is 14.8 Å². The molecule has 2 aromatic heterocycles. The van der Waals surface area contributed by atoms with Crippen molar-refractivity contribution in [1.29, 1.82) is 5.26 Å². The van der Waals surface area contributed by atoms with Crippen LogP contribution >= 0.6 is 11.6 Å². The number of halogens is 1. The molecule has 0 fully saturated rings. The summed E-state index contributed by atoms with van der Waals surface area (Å²) in [4.78, 5) is 4.13. The number of nitrogens with zero attached hydrogens (tertiary/aromatic N) is 4. The van der Waals surface area contributed by atoms with Gasteiger partial charge in [0.15, 0.2) is 5.65 Å². The molecule has 2 heterocycles. The van der Waals surface area contributed by atoms with E-state index in [4.69, 9.17) is 16.9 Å². The third-order valence-corrected chi connectivity index (χ3v) is 2.48. The van der Waals surface area contributed by atoms with Crippen LogP contribution in [0.25, 0.3) is 11.0 Å². The molecule has 5 heteroatoms. The molecule has 0 bridgehead atoms. The normalized spacial score (nSPS) is 10.4. The lowest BCUT2D eigenvalue weighted by Gasteiger charge is -1.96. The number of hydrogen-bond donors (Lipinski definition) is 0. The van der Waals surface area contributed by atoms with Crippen molar-refractivity contribution in [3.05, 3.63) is 22.5 Å². The number of nitriles is 1. The quantitative estimate of drug-likeness (QED) is 0.661. The smallest absolute Gasteiger partial charge is 0.159 e. The summed E-state index contributed by atoms with van der Waals surface area (Å²) in [7, 11) is 1.80. The summed E-state index contributed by atoms with van der Waals surface area (Å²) in [6.07, 6.45) is 1.46. The summed E-state index contributed by atoms with van der Waals surface area (Å²) in [5.41, 5.74) is 1.87. The monoisotopic (exact) mass is 206 g/mol. The number of aromatic nitrogens is 3. The Morgan fingerprint density at radius 3 is 2.93 bits per heavy atom. The minimum atomic E-state index is 0.385. The van der Waals surface area contributed by atoms with Crippen molar-refractivity contribution < 1.29 is 0 Å². The third kappa shape index (κ3) is 1.06. The molecule has 0 saturated heterocycles. The fraction of sp³-hybridized carbons (Fsp3) is 0.222. The molecule has 0 aliphatic rings. The number of pyridine rings is 1. The van der Waals surface area contributed by atoms with E-state index in [0.717, 1.165) is 11.1 Å². The van der Waals surface area contributed by atoms with Crippen molar-refractivity contribution in [1.82, 2.24) is 14.8 Å². The van der Waals surface area contributed by atoms with E-state index in [-0.39, 0.29) is 0 Å². The highest BCUT2D eigenvalue weighted by atomic mass is 35.5. The average Bonchev–Trinajstić information content (AvgIpc) is 2.44. The summed E-state index contributed by atoms with van der Waals surface area (Å²) in [5, 5.41) is 14.2. The van der Waals surface area contributed by atoms with Gasteiger partial charge in [-0.05, 0) is 6.92 Å². The molecule has 70 valence electrons. The average molecular weight is 207 g/mol. The fourth-order valence-electron chi connectivity index (χ4n) is 1.45. The summed E-state index contributed by atoms with van der Waals surface area (Å²) in [6.45, 7) is 1.84. The van der Waals surface area contributed by atoms with Gasteiger partial charge in [0, 0.05) is 13.2 Å². The maximum Gasteiger partial charge on any atom is 0.159 e. The SMILES string of the molecule is Cc1nn(C)c2ncc(C#N)c(Cl)c12. The fourth-order valence-corrected chi connectivity index (χ4v) is 1.76. The Bertz CT molecular complexity index is 550. The van der Waals surface area contributed by atoms with Gasteiger partial charge in [0.05, 0.1) is 21.7 Å². The summed E-state index contributed by atoms with van der Waals surface area (Å²) < 4.78 is 1.65. The second-order valence-electron chi connectivity index (χ2n) is 3.01. The van der Waals surface area contributed by atoms with Gasteiger partial charge in [0.1, 0.15) is 6.07 Å². The van der Waals surface area contributed by atoms with Crippen LogP contribution in [0.3, 0.4) is 0 Å². The van der Waals surface area contributed by atoms with Gasteiger partial charge >= 0.3 is 0 Å². The van der Waals surface area contributed by atoms with Gasteiger partial charge in [-0.3, -0.25) is 4.68 Å². The first-order valence-corrected chi connectivity index (χ1v) is 4.41. The minimum absolute atomic E-state index is 0.385. The zero-order valence-corrected chi connectivity index (χ0v) is 8.50. The molecule has 0 aromatic carbocycles. The lowest BCUT2D eigenvalue weighted by Crippen LogP contribution is -1.92. The molecule has 0 amide bonds. The molecule has 0 aliphatic carbocycles. The second kappa shape index (κ2) is 2.96. The Balaban J connectivity index is 2.96. The molecule has 4 nitrogen and oxygen atoms in total. The van der Waals surface area contributed by atoms with E-state index in [2.05, 4.69) is 10.1 Å². The Morgan fingerprint density at radius 1 is 1.57 bits per heavy atom. The van der Waals surface area contributed by atoms with Crippen molar-refractivity contribution in [3.8, 4) is 6.07 Å². The van der Waals surface area contributed by atoms with E-state index in [0.29, 0.717) is 16.2 Å². The lowest BCUT2D eigenvalue weighted by molar-refractivity contribution is 0.774. The van der Waals surface area contributed by atoms with Crippen molar-refractivity contribution in [2.45, 2.75) is 6.92 Å². The molecule has 2 rings (SSSR count). The number of fused-ring (bicyclic) bond motifs is 1. The Morgan fingerprint density at radius 2 is 2.29 bits per heavy atom. The van der Waals surface area contributed by atoms with E-state index < -0.39 is 0 Å². The first kappa shape index (κ1) is 8.97. The van der Waals surface area contributed by atoms with Gasteiger partial charge in [0.2, 0.25) is 0 Å².